The molecule has 0 aromatic carbocycles. The molecule has 0 aliphatic carbocycles. The summed E-state index contributed by atoms with van der Waals surface area (Å²) in [7, 11) is 1.72. The first-order chi connectivity index (χ1) is 12.0. The molecular formula is C19H35N3O3. The van der Waals surface area contributed by atoms with Gasteiger partial charge in [0.2, 0.25) is 0 Å². The number of hydrogen-bond acceptors (Lipinski definition) is 4. The summed E-state index contributed by atoms with van der Waals surface area (Å²) in [5.41, 5.74) is 0. The van der Waals surface area contributed by atoms with Gasteiger partial charge in [-0.15, -0.1) is 0 Å². The van der Waals surface area contributed by atoms with Gasteiger partial charge in [-0.1, -0.05) is 13.3 Å². The van der Waals surface area contributed by atoms with Crippen molar-refractivity contribution in [2.24, 2.45) is 0 Å². The van der Waals surface area contributed by atoms with Crippen LogP contribution in [0.5, 0.6) is 0 Å². The molecule has 25 heavy (non-hydrogen) atoms. The minimum Gasteiger partial charge on any atom is -0.383 e. The number of hydrogen-bond donors (Lipinski definition) is 0. The molecule has 0 spiro atoms. The number of likely N-dealkylation sites (tertiary alicyclic amines) is 1. The molecule has 0 saturated carbocycles. The van der Waals surface area contributed by atoms with Crippen molar-refractivity contribution < 1.29 is 14.3 Å². The summed E-state index contributed by atoms with van der Waals surface area (Å²) in [5.74, 6) is -0.617. The van der Waals surface area contributed by atoms with Crippen molar-refractivity contribution in [3.05, 3.63) is 0 Å². The zero-order valence-corrected chi connectivity index (χ0v) is 16.4. The monoisotopic (exact) mass is 353 g/mol. The third-order valence-corrected chi connectivity index (χ3v) is 5.71. The summed E-state index contributed by atoms with van der Waals surface area (Å²) in [4.78, 5) is 31.7. The van der Waals surface area contributed by atoms with Crippen LogP contribution in [0.4, 0.5) is 0 Å². The molecule has 2 amide bonds. The highest BCUT2D eigenvalue weighted by Crippen LogP contribution is 2.23. The first-order valence-electron chi connectivity index (χ1n) is 9.84. The van der Waals surface area contributed by atoms with Crippen LogP contribution in [-0.2, 0) is 14.3 Å². The Kier molecular flexibility index (Phi) is 7.69. The average molecular weight is 354 g/mol. The van der Waals surface area contributed by atoms with E-state index in [1.54, 1.807) is 12.0 Å². The molecule has 3 atom stereocenters. The first kappa shape index (κ1) is 20.2. The van der Waals surface area contributed by atoms with Gasteiger partial charge in [-0.25, -0.2) is 0 Å². The van der Waals surface area contributed by atoms with Gasteiger partial charge in [-0.05, 0) is 39.5 Å². The number of piperidine rings is 1. The summed E-state index contributed by atoms with van der Waals surface area (Å²) < 4.78 is 5.20. The van der Waals surface area contributed by atoms with Gasteiger partial charge in [0, 0.05) is 51.4 Å². The van der Waals surface area contributed by atoms with Crippen LogP contribution in [-0.4, -0.2) is 84.5 Å². The molecule has 6 nitrogen and oxygen atoms in total. The van der Waals surface area contributed by atoms with Gasteiger partial charge in [0.1, 0.15) is 0 Å². The van der Waals surface area contributed by atoms with Crippen molar-refractivity contribution in [3.63, 3.8) is 0 Å². The van der Waals surface area contributed by atoms with Gasteiger partial charge < -0.3 is 14.5 Å². The lowest BCUT2D eigenvalue weighted by Crippen LogP contribution is -2.59. The van der Waals surface area contributed by atoms with Crippen LogP contribution in [0.15, 0.2) is 0 Å². The molecule has 0 bridgehead atoms. The van der Waals surface area contributed by atoms with Crippen molar-refractivity contribution in [1.82, 2.24) is 14.7 Å². The molecule has 144 valence electrons. The Bertz CT molecular complexity index is 447. The van der Waals surface area contributed by atoms with Crippen molar-refractivity contribution in [3.8, 4) is 0 Å². The van der Waals surface area contributed by atoms with E-state index in [0.29, 0.717) is 25.7 Å². The number of methoxy groups -OCH3 is 1. The van der Waals surface area contributed by atoms with E-state index in [4.69, 9.17) is 4.74 Å². The molecular weight excluding hydrogens is 318 g/mol. The van der Waals surface area contributed by atoms with Crippen molar-refractivity contribution in [1.29, 1.82) is 0 Å². The SMILES string of the molecule is CCC[C@@H]1CN(C(=O)C(=O)N2[C@H](C)CCC[C@@H]2C)CCN1CCOC. The lowest BCUT2D eigenvalue weighted by molar-refractivity contribution is -0.157. The number of carbonyl (C=O) groups excluding carboxylic acids is 2. The number of ether oxygens (including phenoxy) is 1. The minimum absolute atomic E-state index is 0.162. The first-order valence-corrected chi connectivity index (χ1v) is 9.84. The smallest absolute Gasteiger partial charge is 0.312 e. The quantitative estimate of drug-likeness (QED) is 0.707. The molecule has 6 heteroatoms. The molecule has 2 heterocycles. The average Bonchev–Trinajstić information content (AvgIpc) is 2.60. The Morgan fingerprint density at radius 2 is 1.76 bits per heavy atom. The highest BCUT2D eigenvalue weighted by Gasteiger charge is 2.37. The molecule has 2 rings (SSSR count). The third-order valence-electron chi connectivity index (χ3n) is 5.71. The topological polar surface area (TPSA) is 53.1 Å². The Morgan fingerprint density at radius 1 is 1.08 bits per heavy atom. The molecule has 2 aliphatic heterocycles. The molecule has 0 aromatic rings. The fraction of sp³-hybridized carbons (Fsp3) is 0.895. The second-order valence-electron chi connectivity index (χ2n) is 7.56. The van der Waals surface area contributed by atoms with Crippen LogP contribution in [0, 0.1) is 0 Å². The highest BCUT2D eigenvalue weighted by atomic mass is 16.5. The predicted octanol–water partition coefficient (Wildman–Crippen LogP) is 1.74. The van der Waals surface area contributed by atoms with E-state index in [2.05, 4.69) is 25.7 Å². The maximum Gasteiger partial charge on any atom is 0.312 e. The van der Waals surface area contributed by atoms with Crippen molar-refractivity contribution >= 4 is 11.8 Å². The Balaban J connectivity index is 2.00. The number of rotatable bonds is 5. The number of carbonyl (C=O) groups is 2. The van der Waals surface area contributed by atoms with E-state index in [9.17, 15) is 9.59 Å². The van der Waals surface area contributed by atoms with E-state index in [-0.39, 0.29) is 23.9 Å². The lowest BCUT2D eigenvalue weighted by Gasteiger charge is -2.43. The molecule has 0 radical (unpaired) electrons. The number of amides is 2. The van der Waals surface area contributed by atoms with Gasteiger partial charge in [-0.2, -0.15) is 0 Å². The molecule has 2 fully saturated rings. The van der Waals surface area contributed by atoms with Crippen LogP contribution < -0.4 is 0 Å². The second kappa shape index (κ2) is 9.53. The zero-order valence-electron chi connectivity index (χ0n) is 16.4. The van der Waals surface area contributed by atoms with E-state index >= 15 is 0 Å². The summed E-state index contributed by atoms with van der Waals surface area (Å²) in [5, 5.41) is 0. The molecule has 0 aromatic heterocycles. The van der Waals surface area contributed by atoms with E-state index in [0.717, 1.165) is 45.2 Å². The van der Waals surface area contributed by atoms with Gasteiger partial charge >= 0.3 is 11.8 Å². The van der Waals surface area contributed by atoms with Gasteiger partial charge in [-0.3, -0.25) is 14.5 Å². The van der Waals surface area contributed by atoms with Crippen molar-refractivity contribution in [2.45, 2.75) is 71.0 Å². The van der Waals surface area contributed by atoms with Crippen LogP contribution in [0.25, 0.3) is 0 Å². The maximum atomic E-state index is 12.9. The molecule has 0 N–H and O–H groups in total. The normalized spacial score (nSPS) is 28.2. The fourth-order valence-corrected chi connectivity index (χ4v) is 4.25. The van der Waals surface area contributed by atoms with Crippen LogP contribution in [0.1, 0.15) is 52.9 Å². The minimum atomic E-state index is -0.312. The van der Waals surface area contributed by atoms with Crippen LogP contribution in [0.3, 0.4) is 0 Å². The van der Waals surface area contributed by atoms with Gasteiger partial charge in [0.25, 0.3) is 0 Å². The highest BCUT2D eigenvalue weighted by molar-refractivity contribution is 6.35. The van der Waals surface area contributed by atoms with E-state index in [1.807, 2.05) is 4.90 Å². The summed E-state index contributed by atoms with van der Waals surface area (Å²) in [6.45, 7) is 9.97. The van der Waals surface area contributed by atoms with E-state index < -0.39 is 0 Å². The Labute approximate surface area is 152 Å². The van der Waals surface area contributed by atoms with E-state index in [1.165, 1.54) is 0 Å². The third kappa shape index (κ3) is 4.94. The molecule has 2 saturated heterocycles. The molecule has 0 unspecified atom stereocenters. The summed E-state index contributed by atoms with van der Waals surface area (Å²) >= 11 is 0. The maximum absolute atomic E-state index is 12.9. The number of nitrogens with zero attached hydrogens (tertiary/aromatic N) is 3. The lowest BCUT2D eigenvalue weighted by atomic mass is 9.97. The van der Waals surface area contributed by atoms with Gasteiger partial charge in [0.05, 0.1) is 6.61 Å². The van der Waals surface area contributed by atoms with Crippen LogP contribution >= 0.6 is 0 Å². The summed E-state index contributed by atoms with van der Waals surface area (Å²) in [6, 6.07) is 0.645. The zero-order chi connectivity index (χ0) is 18.4. The van der Waals surface area contributed by atoms with Crippen LogP contribution in [0.2, 0.25) is 0 Å². The Morgan fingerprint density at radius 3 is 2.36 bits per heavy atom. The number of piperazine rings is 1. The fourth-order valence-electron chi connectivity index (χ4n) is 4.25. The molecule has 2 aliphatic rings. The summed E-state index contributed by atoms with van der Waals surface area (Å²) in [6.07, 6.45) is 5.23. The predicted molar refractivity (Wildman–Crippen MR) is 98.3 cm³/mol. The van der Waals surface area contributed by atoms with Gasteiger partial charge in [0.15, 0.2) is 0 Å². The largest absolute Gasteiger partial charge is 0.383 e. The van der Waals surface area contributed by atoms with Crippen molar-refractivity contribution in [2.75, 3.05) is 39.9 Å². The standard InChI is InChI=1S/C19H35N3O3/c1-5-7-17-14-21(11-10-20(17)12-13-25-4)18(23)19(24)22-15(2)8-6-9-16(22)3/h15-17H,5-14H2,1-4H3/t15-,16+,17-/m1/s1. The second-order valence-corrected chi connectivity index (χ2v) is 7.56. The Hall–Kier alpha value is -1.14.